The Morgan fingerprint density at radius 2 is 2.50 bits per heavy atom. The third-order valence-electron chi connectivity index (χ3n) is 2.01. The highest BCUT2D eigenvalue weighted by molar-refractivity contribution is 7.10. The Hall–Kier alpha value is -1.09. The van der Waals surface area contributed by atoms with Crippen molar-refractivity contribution in [3.05, 3.63) is 28.5 Å². The Morgan fingerprint density at radius 1 is 1.71 bits per heavy atom. The van der Waals surface area contributed by atoms with Crippen LogP contribution in [0, 0.1) is 5.92 Å². The number of carboxylic acids is 1. The summed E-state index contributed by atoms with van der Waals surface area (Å²) < 4.78 is 0. The fourth-order valence-electron chi connectivity index (χ4n) is 1.06. The van der Waals surface area contributed by atoms with Gasteiger partial charge in [0.2, 0.25) is 0 Å². The lowest BCUT2D eigenvalue weighted by Gasteiger charge is -2.01. The van der Waals surface area contributed by atoms with Gasteiger partial charge in [0.15, 0.2) is 0 Å². The molecule has 1 aromatic heterocycles. The number of thiophene rings is 1. The van der Waals surface area contributed by atoms with Gasteiger partial charge in [-0.3, -0.25) is 4.79 Å². The molecule has 1 atom stereocenters. The van der Waals surface area contributed by atoms with Gasteiger partial charge in [-0.25, -0.2) is 0 Å². The molecule has 1 rings (SSSR count). The number of rotatable bonds is 5. The van der Waals surface area contributed by atoms with Crippen molar-refractivity contribution >= 4 is 23.4 Å². The smallest absolute Gasteiger partial charge is 0.306 e. The minimum Gasteiger partial charge on any atom is -0.481 e. The Labute approximate surface area is 87.9 Å². The lowest BCUT2D eigenvalue weighted by Crippen LogP contribution is -2.08. The average molecular weight is 210 g/mol. The minimum atomic E-state index is -0.713. The lowest BCUT2D eigenvalue weighted by atomic mass is 10.1. The van der Waals surface area contributed by atoms with Crippen LogP contribution in [0.2, 0.25) is 0 Å². The molecule has 0 aliphatic carbocycles. The van der Waals surface area contributed by atoms with E-state index in [0.717, 1.165) is 6.42 Å². The van der Waals surface area contributed by atoms with Gasteiger partial charge < -0.3 is 5.11 Å². The molecule has 0 saturated carbocycles. The zero-order valence-electron chi connectivity index (χ0n) is 8.14. The lowest BCUT2D eigenvalue weighted by molar-refractivity contribution is -0.141. The molecule has 1 unspecified atom stereocenters. The Bertz CT molecular complexity index is 301. The summed E-state index contributed by atoms with van der Waals surface area (Å²) in [5.41, 5.74) is 0. The van der Waals surface area contributed by atoms with Crippen molar-refractivity contribution in [2.45, 2.75) is 19.8 Å². The molecular formula is C11H14O2S. The highest BCUT2D eigenvalue weighted by atomic mass is 32.1. The second-order valence-electron chi connectivity index (χ2n) is 3.23. The molecule has 0 aliphatic heterocycles. The summed E-state index contributed by atoms with van der Waals surface area (Å²) >= 11 is 1.68. The van der Waals surface area contributed by atoms with E-state index in [2.05, 4.69) is 0 Å². The van der Waals surface area contributed by atoms with Gasteiger partial charge in [-0.15, -0.1) is 11.3 Å². The topological polar surface area (TPSA) is 37.3 Å². The highest BCUT2D eigenvalue weighted by Crippen LogP contribution is 2.12. The predicted octanol–water partition coefficient (Wildman–Crippen LogP) is 3.26. The molecule has 0 aromatic carbocycles. The molecule has 76 valence electrons. The van der Waals surface area contributed by atoms with E-state index in [-0.39, 0.29) is 5.92 Å². The molecular weight excluding hydrogens is 196 g/mol. The summed E-state index contributed by atoms with van der Waals surface area (Å²) in [5, 5.41) is 10.7. The van der Waals surface area contributed by atoms with Crippen LogP contribution in [0.4, 0.5) is 0 Å². The van der Waals surface area contributed by atoms with Gasteiger partial charge in [-0.05, 0) is 30.4 Å². The van der Waals surface area contributed by atoms with Crippen molar-refractivity contribution < 1.29 is 9.90 Å². The second kappa shape index (κ2) is 5.60. The zero-order chi connectivity index (χ0) is 10.4. The third kappa shape index (κ3) is 3.75. The van der Waals surface area contributed by atoms with Crippen LogP contribution in [-0.2, 0) is 4.79 Å². The van der Waals surface area contributed by atoms with Crippen LogP contribution in [0.3, 0.4) is 0 Å². The molecule has 0 aliphatic rings. The number of aliphatic carboxylic acids is 1. The van der Waals surface area contributed by atoms with Crippen LogP contribution in [-0.4, -0.2) is 11.1 Å². The number of hydrogen-bond acceptors (Lipinski definition) is 2. The second-order valence-corrected chi connectivity index (χ2v) is 4.21. The molecule has 0 fully saturated rings. The number of carbonyl (C=O) groups is 1. The Balaban J connectivity index is 2.25. The number of hydrogen-bond donors (Lipinski definition) is 1. The van der Waals surface area contributed by atoms with Crippen LogP contribution in [0.1, 0.15) is 24.6 Å². The van der Waals surface area contributed by atoms with Crippen LogP contribution in [0.15, 0.2) is 23.6 Å². The molecule has 1 heterocycles. The van der Waals surface area contributed by atoms with Crippen LogP contribution >= 0.6 is 11.3 Å². The maximum atomic E-state index is 10.5. The van der Waals surface area contributed by atoms with Gasteiger partial charge in [0.25, 0.3) is 0 Å². The van der Waals surface area contributed by atoms with Crippen LogP contribution in [0.5, 0.6) is 0 Å². The van der Waals surface area contributed by atoms with Gasteiger partial charge in [0.1, 0.15) is 0 Å². The fraction of sp³-hybridized carbons (Fsp3) is 0.364. The highest BCUT2D eigenvalue weighted by Gasteiger charge is 2.08. The first kappa shape index (κ1) is 11.0. The number of allylic oxidation sites excluding steroid dienone is 1. The quantitative estimate of drug-likeness (QED) is 0.810. The molecule has 1 aromatic rings. The van der Waals surface area contributed by atoms with E-state index in [1.165, 1.54) is 4.88 Å². The van der Waals surface area contributed by atoms with E-state index >= 15 is 0 Å². The molecule has 0 radical (unpaired) electrons. The van der Waals surface area contributed by atoms with Gasteiger partial charge in [0, 0.05) is 4.88 Å². The Morgan fingerprint density at radius 3 is 3.07 bits per heavy atom. The molecule has 0 spiro atoms. The van der Waals surface area contributed by atoms with Gasteiger partial charge in [0.05, 0.1) is 5.92 Å². The molecule has 14 heavy (non-hydrogen) atoms. The molecule has 2 nitrogen and oxygen atoms in total. The van der Waals surface area contributed by atoms with E-state index in [1.807, 2.05) is 29.7 Å². The molecule has 1 N–H and O–H groups in total. The van der Waals surface area contributed by atoms with Crippen molar-refractivity contribution in [2.75, 3.05) is 0 Å². The van der Waals surface area contributed by atoms with Crippen LogP contribution < -0.4 is 0 Å². The van der Waals surface area contributed by atoms with Gasteiger partial charge >= 0.3 is 5.97 Å². The van der Waals surface area contributed by atoms with E-state index < -0.39 is 5.97 Å². The predicted molar refractivity (Wildman–Crippen MR) is 59.4 cm³/mol. The maximum Gasteiger partial charge on any atom is 0.306 e. The van der Waals surface area contributed by atoms with E-state index in [1.54, 1.807) is 18.3 Å². The SMILES string of the molecule is CC(CC/C=C/c1cccs1)C(=O)O. The van der Waals surface area contributed by atoms with E-state index in [0.29, 0.717) is 6.42 Å². The molecule has 3 heteroatoms. The first-order valence-corrected chi connectivity index (χ1v) is 5.51. The van der Waals surface area contributed by atoms with E-state index in [9.17, 15) is 4.79 Å². The third-order valence-corrected chi connectivity index (χ3v) is 2.85. The van der Waals surface area contributed by atoms with Gasteiger partial charge in [-0.1, -0.05) is 19.1 Å². The van der Waals surface area contributed by atoms with Crippen molar-refractivity contribution in [3.63, 3.8) is 0 Å². The van der Waals surface area contributed by atoms with Crippen LogP contribution in [0.25, 0.3) is 6.08 Å². The largest absolute Gasteiger partial charge is 0.481 e. The normalized spacial score (nSPS) is 13.2. The van der Waals surface area contributed by atoms with Crippen molar-refractivity contribution in [1.82, 2.24) is 0 Å². The fourth-order valence-corrected chi connectivity index (χ4v) is 1.70. The van der Waals surface area contributed by atoms with E-state index in [4.69, 9.17) is 5.11 Å². The summed E-state index contributed by atoms with van der Waals surface area (Å²) in [7, 11) is 0. The summed E-state index contributed by atoms with van der Waals surface area (Å²) in [6.45, 7) is 1.74. The summed E-state index contributed by atoms with van der Waals surface area (Å²) in [5.74, 6) is -0.961. The molecule has 0 amide bonds. The minimum absolute atomic E-state index is 0.247. The first-order chi connectivity index (χ1) is 6.70. The van der Waals surface area contributed by atoms with Crippen molar-refractivity contribution in [1.29, 1.82) is 0 Å². The summed E-state index contributed by atoms with van der Waals surface area (Å²) in [4.78, 5) is 11.7. The maximum absolute atomic E-state index is 10.5. The summed E-state index contributed by atoms with van der Waals surface area (Å²) in [6, 6.07) is 4.05. The standard InChI is InChI=1S/C11H14O2S/c1-9(11(12)13)5-2-3-6-10-7-4-8-14-10/h3-4,6-9H,2,5H2,1H3,(H,12,13)/b6-3+. The van der Waals surface area contributed by atoms with Gasteiger partial charge in [-0.2, -0.15) is 0 Å². The monoisotopic (exact) mass is 210 g/mol. The van der Waals surface area contributed by atoms with Crippen molar-refractivity contribution in [2.24, 2.45) is 5.92 Å². The molecule has 0 saturated heterocycles. The molecule has 0 bridgehead atoms. The summed E-state index contributed by atoms with van der Waals surface area (Å²) in [6.07, 6.45) is 5.60. The first-order valence-electron chi connectivity index (χ1n) is 4.63. The Kier molecular flexibility index (Phi) is 4.40. The average Bonchev–Trinajstić information content (AvgIpc) is 2.64. The zero-order valence-corrected chi connectivity index (χ0v) is 8.96. The number of carboxylic acid groups (broad SMARTS) is 1. The van der Waals surface area contributed by atoms with Crippen molar-refractivity contribution in [3.8, 4) is 0 Å².